The average Bonchev–Trinajstić information content (AvgIpc) is 2.59. The van der Waals surface area contributed by atoms with Crippen LogP contribution in [0.3, 0.4) is 0 Å². The average molecular weight is 339 g/mol. The number of hydrogen-bond donors (Lipinski definition) is 0. The number of rotatable bonds is 6. The van der Waals surface area contributed by atoms with Gasteiger partial charge in [0.05, 0.1) is 0 Å². The van der Waals surface area contributed by atoms with E-state index in [-0.39, 0.29) is 0 Å². The molecular weight excluding hydrogens is 317 g/mol. The zero-order valence-electron chi connectivity index (χ0n) is 14.1. The summed E-state index contributed by atoms with van der Waals surface area (Å²) in [6.07, 6.45) is 5.90. The van der Waals surface area contributed by atoms with Crippen LogP contribution < -0.4 is 5.46 Å². The third-order valence-electron chi connectivity index (χ3n) is 4.01. The molecule has 0 spiro atoms. The Kier molecular flexibility index (Phi) is 6.63. The van der Waals surface area contributed by atoms with Crippen LogP contribution in [0.15, 0.2) is 84.5 Å². The molecule has 0 N–H and O–H groups in total. The molecule has 0 fully saturated rings. The molecule has 2 aromatic rings. The summed E-state index contributed by atoms with van der Waals surface area (Å²) in [6.45, 7) is 6.57. The van der Waals surface area contributed by atoms with Crippen molar-refractivity contribution in [2.75, 3.05) is 0 Å². The number of benzene rings is 2. The molecule has 0 saturated heterocycles. The van der Waals surface area contributed by atoms with Crippen molar-refractivity contribution >= 4 is 24.1 Å². The fraction of sp³-hybridized carbons (Fsp3) is 0.143. The van der Waals surface area contributed by atoms with Crippen LogP contribution in [0, 0.1) is 0 Å². The van der Waals surface area contributed by atoms with Gasteiger partial charge in [-0.3, -0.25) is 0 Å². The molecular formula is C21H21BClF. The summed E-state index contributed by atoms with van der Waals surface area (Å²) in [7, 11) is 0. The Hall–Kier alpha value is -2.06. The molecule has 0 aliphatic heterocycles. The normalized spacial score (nSPS) is 12.2. The molecule has 0 bridgehead atoms. The smallest absolute Gasteiger partial charge is 0.329 e. The minimum absolute atomic E-state index is 0.322. The van der Waals surface area contributed by atoms with Crippen LogP contribution in [0.25, 0.3) is 11.1 Å². The first kappa shape index (κ1) is 18.3. The van der Waals surface area contributed by atoms with Gasteiger partial charge in [-0.05, 0) is 54.5 Å². The predicted molar refractivity (Wildman–Crippen MR) is 106 cm³/mol. The summed E-state index contributed by atoms with van der Waals surface area (Å²) in [5.41, 5.74) is 4.72. The first-order valence-corrected chi connectivity index (χ1v) is 8.35. The van der Waals surface area contributed by atoms with Crippen molar-refractivity contribution in [3.63, 3.8) is 0 Å². The zero-order chi connectivity index (χ0) is 17.5. The fourth-order valence-corrected chi connectivity index (χ4v) is 2.72. The predicted octanol–water partition coefficient (Wildman–Crippen LogP) is 6.25. The SMILES string of the molecule is C=C/C=C(C)/C(C)=C/CB(F)c1cc(Cl)cc(-c2ccccc2)c1. The molecule has 0 aromatic heterocycles. The second-order valence-corrected chi connectivity index (χ2v) is 6.25. The number of allylic oxidation sites excluding steroid dienone is 5. The topological polar surface area (TPSA) is 0 Å². The van der Waals surface area contributed by atoms with Crippen molar-refractivity contribution in [1.82, 2.24) is 0 Å². The van der Waals surface area contributed by atoms with Crippen molar-refractivity contribution in [3.05, 3.63) is 89.5 Å². The first-order valence-electron chi connectivity index (χ1n) is 7.97. The van der Waals surface area contributed by atoms with Crippen molar-refractivity contribution in [1.29, 1.82) is 0 Å². The van der Waals surface area contributed by atoms with Gasteiger partial charge >= 0.3 is 6.99 Å². The second kappa shape index (κ2) is 8.70. The molecule has 0 atom stereocenters. The maximum atomic E-state index is 14.7. The molecule has 0 heterocycles. The van der Waals surface area contributed by atoms with Crippen molar-refractivity contribution < 1.29 is 4.32 Å². The Labute approximate surface area is 149 Å². The standard InChI is InChI=1S/C21H21BClF/c1-4-8-16(2)17(3)11-12-22(24)20-13-19(14-21(23)15-20)18-9-6-5-7-10-18/h4-11,13-15H,1,12H2,2-3H3/b16-8+,17-11+. The van der Waals surface area contributed by atoms with Crippen LogP contribution in [-0.2, 0) is 0 Å². The van der Waals surface area contributed by atoms with Gasteiger partial charge in [-0.15, -0.1) is 0 Å². The Morgan fingerprint density at radius 2 is 1.79 bits per heavy atom. The monoisotopic (exact) mass is 338 g/mol. The molecule has 0 aliphatic carbocycles. The highest BCUT2D eigenvalue weighted by atomic mass is 35.5. The lowest BCUT2D eigenvalue weighted by atomic mass is 9.61. The fourth-order valence-electron chi connectivity index (χ4n) is 2.48. The van der Waals surface area contributed by atoms with E-state index in [0.717, 1.165) is 22.3 Å². The largest absolute Gasteiger partial charge is 0.384 e. The van der Waals surface area contributed by atoms with E-state index >= 15 is 0 Å². The molecule has 2 aromatic carbocycles. The van der Waals surface area contributed by atoms with E-state index in [2.05, 4.69) is 6.58 Å². The number of halogens is 2. The molecule has 0 radical (unpaired) electrons. The molecule has 122 valence electrons. The van der Waals surface area contributed by atoms with Crippen LogP contribution in [0.1, 0.15) is 13.8 Å². The highest BCUT2D eigenvalue weighted by Gasteiger charge is 2.17. The van der Waals surface area contributed by atoms with Gasteiger partial charge < -0.3 is 4.32 Å². The van der Waals surface area contributed by atoms with Crippen LogP contribution in [-0.4, -0.2) is 6.99 Å². The molecule has 3 heteroatoms. The number of hydrogen-bond acceptors (Lipinski definition) is 0. The highest BCUT2D eigenvalue weighted by Crippen LogP contribution is 2.22. The van der Waals surface area contributed by atoms with Gasteiger partial charge in [0, 0.05) is 5.02 Å². The zero-order valence-corrected chi connectivity index (χ0v) is 14.9. The van der Waals surface area contributed by atoms with Gasteiger partial charge in [0.15, 0.2) is 0 Å². The molecule has 0 unspecified atom stereocenters. The summed E-state index contributed by atoms with van der Waals surface area (Å²) in [5.74, 6) is 0. The van der Waals surface area contributed by atoms with E-state index < -0.39 is 6.99 Å². The molecule has 0 amide bonds. The summed E-state index contributed by atoms with van der Waals surface area (Å²) in [4.78, 5) is 0. The minimum atomic E-state index is -1.09. The van der Waals surface area contributed by atoms with E-state index in [4.69, 9.17) is 11.6 Å². The van der Waals surface area contributed by atoms with E-state index in [0.29, 0.717) is 16.8 Å². The van der Waals surface area contributed by atoms with E-state index in [1.165, 1.54) is 0 Å². The Bertz CT molecular complexity index is 763. The molecule has 24 heavy (non-hydrogen) atoms. The van der Waals surface area contributed by atoms with E-state index in [9.17, 15) is 4.32 Å². The lowest BCUT2D eigenvalue weighted by molar-refractivity contribution is 0.846. The lowest BCUT2D eigenvalue weighted by Gasteiger charge is -2.09. The van der Waals surface area contributed by atoms with Crippen LogP contribution in [0.5, 0.6) is 0 Å². The van der Waals surface area contributed by atoms with Gasteiger partial charge in [0.25, 0.3) is 0 Å². The molecule has 2 rings (SSSR count). The summed E-state index contributed by atoms with van der Waals surface area (Å²) < 4.78 is 14.7. The quantitative estimate of drug-likeness (QED) is 0.431. The highest BCUT2D eigenvalue weighted by molar-refractivity contribution is 6.67. The molecule has 0 aliphatic rings. The van der Waals surface area contributed by atoms with Gasteiger partial charge in [0.1, 0.15) is 0 Å². The van der Waals surface area contributed by atoms with Crippen LogP contribution in [0.4, 0.5) is 4.32 Å². The third-order valence-corrected chi connectivity index (χ3v) is 4.23. The Balaban J connectivity index is 2.22. The Morgan fingerprint density at radius 3 is 2.46 bits per heavy atom. The second-order valence-electron chi connectivity index (χ2n) is 5.82. The van der Waals surface area contributed by atoms with Crippen LogP contribution in [0.2, 0.25) is 11.3 Å². The summed E-state index contributed by atoms with van der Waals surface area (Å²) >= 11 is 6.20. The van der Waals surface area contributed by atoms with E-state index in [1.807, 2.05) is 68.5 Å². The van der Waals surface area contributed by atoms with Crippen molar-refractivity contribution in [2.45, 2.75) is 20.2 Å². The summed E-state index contributed by atoms with van der Waals surface area (Å²) in [5, 5.41) is 0.553. The van der Waals surface area contributed by atoms with E-state index in [1.54, 1.807) is 12.1 Å². The van der Waals surface area contributed by atoms with Crippen molar-refractivity contribution in [2.24, 2.45) is 0 Å². The maximum Gasteiger partial charge on any atom is 0.384 e. The van der Waals surface area contributed by atoms with Gasteiger partial charge in [-0.25, -0.2) is 0 Å². The minimum Gasteiger partial charge on any atom is -0.329 e. The first-order chi connectivity index (χ1) is 11.5. The molecule has 0 saturated carbocycles. The Morgan fingerprint density at radius 1 is 1.08 bits per heavy atom. The van der Waals surface area contributed by atoms with Gasteiger partial charge in [-0.2, -0.15) is 0 Å². The lowest BCUT2D eigenvalue weighted by Crippen LogP contribution is -2.24. The van der Waals surface area contributed by atoms with Gasteiger partial charge in [-0.1, -0.05) is 78.4 Å². The molecule has 0 nitrogen and oxygen atoms in total. The maximum absolute atomic E-state index is 14.7. The third kappa shape index (κ3) is 4.97. The summed E-state index contributed by atoms with van der Waals surface area (Å²) in [6, 6.07) is 15.3. The van der Waals surface area contributed by atoms with Gasteiger partial charge in [0.2, 0.25) is 0 Å². The van der Waals surface area contributed by atoms with Crippen LogP contribution >= 0.6 is 11.6 Å². The van der Waals surface area contributed by atoms with Crippen molar-refractivity contribution in [3.8, 4) is 11.1 Å².